The van der Waals surface area contributed by atoms with Crippen LogP contribution >= 0.6 is 0 Å². The second-order valence-electron chi connectivity index (χ2n) is 7.74. The molecule has 0 fully saturated rings. The van der Waals surface area contributed by atoms with Gasteiger partial charge in [-0.2, -0.15) is 0 Å². The molecule has 6 heteroatoms. The van der Waals surface area contributed by atoms with Crippen LogP contribution in [0, 0.1) is 0 Å². The number of amides is 1. The lowest BCUT2D eigenvalue weighted by molar-refractivity contribution is 0.102. The van der Waals surface area contributed by atoms with Crippen molar-refractivity contribution in [3.63, 3.8) is 0 Å². The van der Waals surface area contributed by atoms with Crippen molar-refractivity contribution in [1.82, 2.24) is 0 Å². The molecule has 5 nitrogen and oxygen atoms in total. The molecule has 1 N–H and O–H groups in total. The average molecular weight is 435 g/mol. The van der Waals surface area contributed by atoms with Crippen LogP contribution in [0.4, 0.5) is 11.4 Å². The Kier molecular flexibility index (Phi) is 6.09. The lowest BCUT2D eigenvalue weighted by atomic mass is 10.0. The minimum absolute atomic E-state index is 0.174. The molecule has 0 aromatic heterocycles. The molecule has 4 rings (SSSR count). The van der Waals surface area contributed by atoms with E-state index in [4.69, 9.17) is 0 Å². The maximum atomic E-state index is 13.1. The summed E-state index contributed by atoms with van der Waals surface area (Å²) in [5.74, 6) is -0.174. The summed E-state index contributed by atoms with van der Waals surface area (Å²) < 4.78 is 27.7. The van der Waals surface area contributed by atoms with Gasteiger partial charge in [-0.25, -0.2) is 8.42 Å². The fourth-order valence-corrected chi connectivity index (χ4v) is 5.49. The van der Waals surface area contributed by atoms with E-state index in [-0.39, 0.29) is 10.8 Å². The predicted molar refractivity (Wildman–Crippen MR) is 124 cm³/mol. The first-order valence-electron chi connectivity index (χ1n) is 10.6. The Bertz CT molecular complexity index is 1170. The van der Waals surface area contributed by atoms with E-state index in [9.17, 15) is 13.2 Å². The number of carbonyl (C=O) groups excluding carboxylic acids is 1. The second kappa shape index (κ2) is 8.94. The average Bonchev–Trinajstić information content (AvgIpc) is 2.80. The van der Waals surface area contributed by atoms with Gasteiger partial charge in [0.15, 0.2) is 0 Å². The van der Waals surface area contributed by atoms with Crippen molar-refractivity contribution in [1.29, 1.82) is 0 Å². The number of anilines is 2. The van der Waals surface area contributed by atoms with Gasteiger partial charge < -0.3 is 5.32 Å². The third-order valence-electron chi connectivity index (χ3n) is 5.50. The summed E-state index contributed by atoms with van der Waals surface area (Å²) in [6, 6.07) is 21.6. The van der Waals surface area contributed by atoms with Gasteiger partial charge in [0.05, 0.1) is 10.6 Å². The molecule has 3 aromatic rings. The number of nitrogens with one attached hydrogen (secondary N) is 1. The van der Waals surface area contributed by atoms with Gasteiger partial charge >= 0.3 is 0 Å². The fourth-order valence-electron chi connectivity index (χ4n) is 3.92. The van der Waals surface area contributed by atoms with Crippen LogP contribution in [0.15, 0.2) is 77.7 Å². The van der Waals surface area contributed by atoms with Gasteiger partial charge in [-0.05, 0) is 72.9 Å². The van der Waals surface area contributed by atoms with Gasteiger partial charge in [0.1, 0.15) is 0 Å². The minimum atomic E-state index is -3.62. The Morgan fingerprint density at radius 1 is 1.00 bits per heavy atom. The van der Waals surface area contributed by atoms with Crippen molar-refractivity contribution in [2.75, 3.05) is 16.2 Å². The Labute approximate surface area is 183 Å². The fraction of sp³-hybridized carbons (Fsp3) is 0.240. The Morgan fingerprint density at radius 2 is 1.74 bits per heavy atom. The molecule has 0 spiro atoms. The monoisotopic (exact) mass is 434 g/mol. The van der Waals surface area contributed by atoms with E-state index in [2.05, 4.69) is 12.2 Å². The highest BCUT2D eigenvalue weighted by Gasteiger charge is 2.29. The van der Waals surface area contributed by atoms with E-state index in [1.807, 2.05) is 30.3 Å². The van der Waals surface area contributed by atoms with Crippen LogP contribution in [0.2, 0.25) is 0 Å². The summed E-state index contributed by atoms with van der Waals surface area (Å²) in [7, 11) is -3.62. The van der Waals surface area contributed by atoms with Crippen LogP contribution in [-0.2, 0) is 22.9 Å². The van der Waals surface area contributed by atoms with Crippen LogP contribution in [-0.4, -0.2) is 20.9 Å². The summed E-state index contributed by atoms with van der Waals surface area (Å²) in [6.45, 7) is 2.57. The number of rotatable bonds is 6. The molecule has 0 radical (unpaired) electrons. The van der Waals surface area contributed by atoms with E-state index < -0.39 is 10.0 Å². The smallest absolute Gasteiger partial charge is 0.264 e. The molecular formula is C25H26N2O3S. The molecule has 0 bridgehead atoms. The highest BCUT2D eigenvalue weighted by molar-refractivity contribution is 7.92. The number of aryl methyl sites for hydroxylation is 2. The number of hydrogen-bond donors (Lipinski definition) is 1. The minimum Gasteiger partial charge on any atom is -0.322 e. The Hall–Kier alpha value is -3.12. The number of nitrogens with zero attached hydrogens (tertiary/aromatic N) is 1. The standard InChI is InChI=1S/C25H26N2O3S/c1-2-7-19-11-13-20(14-12-19)25(28)26-22-15-16-24-21(18-22)8-6-17-27(24)31(29,30)23-9-4-3-5-10-23/h3-5,9-16,18H,2,6-8,17H2,1H3,(H,26,28). The highest BCUT2D eigenvalue weighted by Crippen LogP contribution is 2.33. The molecule has 3 aromatic carbocycles. The molecule has 1 aliphatic heterocycles. The summed E-state index contributed by atoms with van der Waals surface area (Å²) in [5.41, 5.74) is 4.08. The van der Waals surface area contributed by atoms with Gasteiger partial charge in [0, 0.05) is 17.8 Å². The summed E-state index contributed by atoms with van der Waals surface area (Å²) in [6.07, 6.45) is 3.56. The topological polar surface area (TPSA) is 66.5 Å². The molecule has 1 aliphatic rings. The quantitative estimate of drug-likeness (QED) is 0.591. The predicted octanol–water partition coefficient (Wildman–Crippen LogP) is 5.03. The zero-order valence-corrected chi connectivity index (χ0v) is 18.4. The summed E-state index contributed by atoms with van der Waals surface area (Å²) in [4.78, 5) is 12.9. The number of sulfonamides is 1. The van der Waals surface area contributed by atoms with Crippen molar-refractivity contribution in [3.8, 4) is 0 Å². The molecule has 0 saturated heterocycles. The SMILES string of the molecule is CCCc1ccc(C(=O)Nc2ccc3c(c2)CCCN3S(=O)(=O)c2ccccc2)cc1. The number of hydrogen-bond acceptors (Lipinski definition) is 3. The first-order valence-corrected chi connectivity index (χ1v) is 12.0. The lowest BCUT2D eigenvalue weighted by Crippen LogP contribution is -2.35. The first kappa shape index (κ1) is 21.1. The molecule has 31 heavy (non-hydrogen) atoms. The van der Waals surface area contributed by atoms with E-state index in [0.717, 1.165) is 31.2 Å². The van der Waals surface area contributed by atoms with Crippen molar-refractivity contribution in [2.24, 2.45) is 0 Å². The number of fused-ring (bicyclic) bond motifs is 1. The van der Waals surface area contributed by atoms with Gasteiger partial charge in [-0.1, -0.05) is 43.7 Å². The van der Waals surface area contributed by atoms with Crippen molar-refractivity contribution in [3.05, 3.63) is 89.5 Å². The summed E-state index contributed by atoms with van der Waals surface area (Å²) in [5, 5.41) is 2.94. The maximum absolute atomic E-state index is 13.1. The second-order valence-corrected chi connectivity index (χ2v) is 9.60. The summed E-state index contributed by atoms with van der Waals surface area (Å²) >= 11 is 0. The van der Waals surface area contributed by atoms with Crippen molar-refractivity contribution >= 4 is 27.3 Å². The molecule has 160 valence electrons. The molecule has 0 saturated carbocycles. The largest absolute Gasteiger partial charge is 0.322 e. The zero-order chi connectivity index (χ0) is 21.8. The van der Waals surface area contributed by atoms with Crippen molar-refractivity contribution in [2.45, 2.75) is 37.5 Å². The van der Waals surface area contributed by atoms with Crippen LogP contribution in [0.3, 0.4) is 0 Å². The van der Waals surface area contributed by atoms with E-state index in [1.165, 1.54) is 9.87 Å². The maximum Gasteiger partial charge on any atom is 0.264 e. The number of benzene rings is 3. The van der Waals surface area contributed by atoms with Crippen LogP contribution in [0.1, 0.15) is 41.3 Å². The highest BCUT2D eigenvalue weighted by atomic mass is 32.2. The van der Waals surface area contributed by atoms with Gasteiger partial charge in [0.25, 0.3) is 15.9 Å². The molecular weight excluding hydrogens is 408 g/mol. The normalized spacial score (nSPS) is 13.5. The molecule has 1 heterocycles. The van der Waals surface area contributed by atoms with Gasteiger partial charge in [-0.3, -0.25) is 9.10 Å². The van der Waals surface area contributed by atoms with E-state index in [0.29, 0.717) is 23.5 Å². The third-order valence-corrected chi connectivity index (χ3v) is 7.33. The Morgan fingerprint density at radius 3 is 2.45 bits per heavy atom. The van der Waals surface area contributed by atoms with E-state index in [1.54, 1.807) is 42.5 Å². The van der Waals surface area contributed by atoms with Gasteiger partial charge in [0.2, 0.25) is 0 Å². The van der Waals surface area contributed by atoms with Crippen LogP contribution < -0.4 is 9.62 Å². The Balaban J connectivity index is 1.55. The van der Waals surface area contributed by atoms with Crippen LogP contribution in [0.5, 0.6) is 0 Å². The molecule has 1 amide bonds. The zero-order valence-electron chi connectivity index (χ0n) is 17.5. The molecule has 0 atom stereocenters. The number of carbonyl (C=O) groups is 1. The van der Waals surface area contributed by atoms with Gasteiger partial charge in [-0.15, -0.1) is 0 Å². The molecule has 0 unspecified atom stereocenters. The third kappa shape index (κ3) is 4.49. The van der Waals surface area contributed by atoms with Crippen LogP contribution in [0.25, 0.3) is 0 Å². The lowest BCUT2D eigenvalue weighted by Gasteiger charge is -2.30. The van der Waals surface area contributed by atoms with Crippen molar-refractivity contribution < 1.29 is 13.2 Å². The molecule has 0 aliphatic carbocycles. The first-order chi connectivity index (χ1) is 15.0. The van der Waals surface area contributed by atoms with E-state index >= 15 is 0 Å².